The monoisotopic (exact) mass is 264 g/mol. The van der Waals surface area contributed by atoms with Gasteiger partial charge >= 0.3 is 0 Å². The fourth-order valence-corrected chi connectivity index (χ4v) is 2.80. The molecule has 1 rings (SSSR count). The van der Waals surface area contributed by atoms with E-state index in [2.05, 4.69) is 49.9 Å². The highest BCUT2D eigenvalue weighted by atomic mass is 16.5. The molecule has 0 aliphatic heterocycles. The summed E-state index contributed by atoms with van der Waals surface area (Å²) in [6.45, 7) is 8.93. The summed E-state index contributed by atoms with van der Waals surface area (Å²) in [6.07, 6.45) is 1.04. The molecule has 0 bridgehead atoms. The van der Waals surface area contributed by atoms with Crippen LogP contribution in [0, 0.1) is 0 Å². The van der Waals surface area contributed by atoms with E-state index in [1.165, 1.54) is 11.1 Å². The standard InChI is InChI=1S/C16H28N2O/c1-5-14-9-7-8-10-15(14)16(11-17)18(6-2)13(3)12-19-4/h7-10,13,16H,5-6,11-12,17H2,1-4H3. The second-order valence-corrected chi connectivity index (χ2v) is 4.94. The zero-order chi connectivity index (χ0) is 14.3. The topological polar surface area (TPSA) is 38.5 Å². The molecule has 0 amide bonds. The van der Waals surface area contributed by atoms with Gasteiger partial charge in [-0.3, -0.25) is 4.90 Å². The van der Waals surface area contributed by atoms with Gasteiger partial charge in [0, 0.05) is 25.7 Å². The van der Waals surface area contributed by atoms with Crippen molar-refractivity contribution in [1.82, 2.24) is 4.90 Å². The van der Waals surface area contributed by atoms with Gasteiger partial charge in [-0.2, -0.15) is 0 Å². The van der Waals surface area contributed by atoms with Crippen LogP contribution in [0.4, 0.5) is 0 Å². The molecule has 0 saturated heterocycles. The van der Waals surface area contributed by atoms with Gasteiger partial charge in [-0.1, -0.05) is 38.1 Å². The van der Waals surface area contributed by atoms with E-state index in [4.69, 9.17) is 10.5 Å². The number of nitrogens with zero attached hydrogens (tertiary/aromatic N) is 1. The van der Waals surface area contributed by atoms with Gasteiger partial charge in [-0.25, -0.2) is 0 Å². The second kappa shape index (κ2) is 8.31. The van der Waals surface area contributed by atoms with Gasteiger partial charge in [0.15, 0.2) is 0 Å². The molecule has 0 radical (unpaired) electrons. The molecule has 2 atom stereocenters. The minimum atomic E-state index is 0.270. The molecule has 0 saturated carbocycles. The number of nitrogens with two attached hydrogens (primary N) is 1. The molecule has 2 N–H and O–H groups in total. The van der Waals surface area contributed by atoms with E-state index < -0.39 is 0 Å². The number of ether oxygens (including phenoxy) is 1. The van der Waals surface area contributed by atoms with Gasteiger partial charge in [0.05, 0.1) is 6.61 Å². The van der Waals surface area contributed by atoms with E-state index in [9.17, 15) is 0 Å². The maximum atomic E-state index is 6.06. The first-order chi connectivity index (χ1) is 9.19. The van der Waals surface area contributed by atoms with Crippen molar-refractivity contribution in [3.63, 3.8) is 0 Å². The van der Waals surface area contributed by atoms with Crippen LogP contribution < -0.4 is 5.73 Å². The van der Waals surface area contributed by atoms with Gasteiger partial charge in [0.25, 0.3) is 0 Å². The highest BCUT2D eigenvalue weighted by molar-refractivity contribution is 5.30. The highest BCUT2D eigenvalue weighted by Crippen LogP contribution is 2.25. The van der Waals surface area contributed by atoms with E-state index in [0.29, 0.717) is 12.6 Å². The summed E-state index contributed by atoms with van der Waals surface area (Å²) >= 11 is 0. The molecule has 0 aliphatic rings. The Hall–Kier alpha value is -0.900. The highest BCUT2D eigenvalue weighted by Gasteiger charge is 2.23. The van der Waals surface area contributed by atoms with Crippen LogP contribution in [0.15, 0.2) is 24.3 Å². The molecule has 1 aromatic rings. The molecule has 0 spiro atoms. The van der Waals surface area contributed by atoms with Crippen molar-refractivity contribution in [3.8, 4) is 0 Å². The Labute approximate surface area is 117 Å². The van der Waals surface area contributed by atoms with Gasteiger partial charge in [-0.05, 0) is 31.0 Å². The summed E-state index contributed by atoms with van der Waals surface area (Å²) in [5.41, 5.74) is 8.80. The number of hydrogen-bond acceptors (Lipinski definition) is 3. The Morgan fingerprint density at radius 2 is 1.95 bits per heavy atom. The average molecular weight is 264 g/mol. The average Bonchev–Trinajstić information content (AvgIpc) is 2.44. The second-order valence-electron chi connectivity index (χ2n) is 4.94. The lowest BCUT2D eigenvalue weighted by Gasteiger charge is -2.36. The first-order valence-corrected chi connectivity index (χ1v) is 7.22. The predicted octanol–water partition coefficient (Wildman–Crippen LogP) is 2.61. The molecule has 0 aliphatic carbocycles. The number of rotatable bonds is 8. The van der Waals surface area contributed by atoms with E-state index in [1.807, 2.05) is 0 Å². The molecule has 3 nitrogen and oxygen atoms in total. The molecule has 0 heterocycles. The van der Waals surface area contributed by atoms with Gasteiger partial charge in [0.1, 0.15) is 0 Å². The lowest BCUT2D eigenvalue weighted by Crippen LogP contribution is -2.42. The quantitative estimate of drug-likeness (QED) is 0.784. The summed E-state index contributed by atoms with van der Waals surface area (Å²) in [7, 11) is 1.75. The van der Waals surface area contributed by atoms with Gasteiger partial charge < -0.3 is 10.5 Å². The van der Waals surface area contributed by atoms with Crippen molar-refractivity contribution in [3.05, 3.63) is 35.4 Å². The Bertz CT molecular complexity index is 368. The maximum absolute atomic E-state index is 6.06. The minimum Gasteiger partial charge on any atom is -0.383 e. The van der Waals surface area contributed by atoms with Crippen LogP contribution in [0.2, 0.25) is 0 Å². The zero-order valence-electron chi connectivity index (χ0n) is 12.7. The van der Waals surface area contributed by atoms with E-state index in [-0.39, 0.29) is 6.04 Å². The fraction of sp³-hybridized carbons (Fsp3) is 0.625. The predicted molar refractivity (Wildman–Crippen MR) is 81.3 cm³/mol. The molecular weight excluding hydrogens is 236 g/mol. The van der Waals surface area contributed by atoms with Crippen LogP contribution in [0.5, 0.6) is 0 Å². The third kappa shape index (κ3) is 4.03. The van der Waals surface area contributed by atoms with Crippen molar-refractivity contribution in [2.45, 2.75) is 39.3 Å². The summed E-state index contributed by atoms with van der Waals surface area (Å²) in [4.78, 5) is 2.43. The smallest absolute Gasteiger partial charge is 0.0615 e. The zero-order valence-corrected chi connectivity index (χ0v) is 12.7. The number of aryl methyl sites for hydroxylation is 1. The van der Waals surface area contributed by atoms with Crippen LogP contribution in [0.25, 0.3) is 0 Å². The molecule has 0 aromatic heterocycles. The minimum absolute atomic E-state index is 0.270. The number of hydrogen-bond donors (Lipinski definition) is 1. The summed E-state index contributed by atoms with van der Waals surface area (Å²) in [5.74, 6) is 0. The molecule has 1 aromatic carbocycles. The molecular formula is C16H28N2O. The third-order valence-corrected chi connectivity index (χ3v) is 3.76. The fourth-order valence-electron chi connectivity index (χ4n) is 2.80. The Morgan fingerprint density at radius 1 is 1.26 bits per heavy atom. The number of likely N-dealkylation sites (N-methyl/N-ethyl adjacent to an activating group) is 1. The van der Waals surface area contributed by atoms with Crippen molar-refractivity contribution in [2.24, 2.45) is 5.73 Å². The van der Waals surface area contributed by atoms with E-state index in [0.717, 1.165) is 19.6 Å². The van der Waals surface area contributed by atoms with Crippen molar-refractivity contribution >= 4 is 0 Å². The Kier molecular flexibility index (Phi) is 7.06. The van der Waals surface area contributed by atoms with E-state index >= 15 is 0 Å². The van der Waals surface area contributed by atoms with Crippen LogP contribution in [-0.2, 0) is 11.2 Å². The van der Waals surface area contributed by atoms with Crippen LogP contribution >= 0.6 is 0 Å². The molecule has 3 heteroatoms. The first-order valence-electron chi connectivity index (χ1n) is 7.22. The molecule has 19 heavy (non-hydrogen) atoms. The third-order valence-electron chi connectivity index (χ3n) is 3.76. The summed E-state index contributed by atoms with van der Waals surface area (Å²) in [6, 6.07) is 9.25. The lowest BCUT2D eigenvalue weighted by atomic mass is 9.96. The van der Waals surface area contributed by atoms with E-state index in [1.54, 1.807) is 7.11 Å². The molecule has 2 unspecified atom stereocenters. The Morgan fingerprint density at radius 3 is 2.47 bits per heavy atom. The van der Waals surface area contributed by atoms with Crippen LogP contribution in [-0.4, -0.2) is 37.7 Å². The van der Waals surface area contributed by atoms with Crippen molar-refractivity contribution < 1.29 is 4.74 Å². The van der Waals surface area contributed by atoms with Gasteiger partial charge in [0.2, 0.25) is 0 Å². The summed E-state index contributed by atoms with van der Waals surface area (Å²) < 4.78 is 5.29. The van der Waals surface area contributed by atoms with Crippen molar-refractivity contribution in [1.29, 1.82) is 0 Å². The maximum Gasteiger partial charge on any atom is 0.0615 e. The first kappa shape index (κ1) is 16.2. The summed E-state index contributed by atoms with van der Waals surface area (Å²) in [5, 5.41) is 0. The Balaban J connectivity index is 3.02. The van der Waals surface area contributed by atoms with Crippen molar-refractivity contribution in [2.75, 3.05) is 26.8 Å². The lowest BCUT2D eigenvalue weighted by molar-refractivity contribution is 0.0749. The molecule has 0 fully saturated rings. The normalized spacial score (nSPS) is 14.6. The van der Waals surface area contributed by atoms with Crippen LogP contribution in [0.3, 0.4) is 0 Å². The van der Waals surface area contributed by atoms with Gasteiger partial charge in [-0.15, -0.1) is 0 Å². The number of methoxy groups -OCH3 is 1. The molecule has 108 valence electrons. The SMILES string of the molecule is CCc1ccccc1C(CN)N(CC)C(C)COC. The largest absolute Gasteiger partial charge is 0.383 e. The number of benzene rings is 1. The van der Waals surface area contributed by atoms with Crippen LogP contribution in [0.1, 0.15) is 37.9 Å².